The normalized spacial score (nSPS) is 13.6. The number of benzene rings is 2. The Labute approximate surface area is 132 Å². The summed E-state index contributed by atoms with van der Waals surface area (Å²) >= 11 is -2.57. The zero-order valence-electron chi connectivity index (χ0n) is 12.2. The van der Waals surface area contributed by atoms with E-state index < -0.39 is 17.5 Å². The van der Waals surface area contributed by atoms with Crippen molar-refractivity contribution in [2.45, 2.75) is 19.6 Å². The molecular formula is C16H18NO4S-. The number of anilines is 1. The summed E-state index contributed by atoms with van der Waals surface area (Å²) in [6.07, 6.45) is -0.590. The molecule has 6 heteroatoms. The second-order valence-corrected chi connectivity index (χ2v) is 5.55. The zero-order valence-corrected chi connectivity index (χ0v) is 13.0. The second kappa shape index (κ2) is 8.05. The summed E-state index contributed by atoms with van der Waals surface area (Å²) in [5.74, 6) is 0. The Balaban J connectivity index is 2.23. The van der Waals surface area contributed by atoms with Crippen molar-refractivity contribution in [3.63, 3.8) is 0 Å². The Bertz CT molecular complexity index is 619. The summed E-state index contributed by atoms with van der Waals surface area (Å²) in [6.45, 7) is 2.10. The van der Waals surface area contributed by atoms with Gasteiger partial charge in [-0.3, -0.25) is 4.18 Å². The summed E-state index contributed by atoms with van der Waals surface area (Å²) < 4.78 is 26.1. The van der Waals surface area contributed by atoms with Crippen LogP contribution in [0.15, 0.2) is 54.6 Å². The van der Waals surface area contributed by atoms with E-state index in [0.717, 1.165) is 16.8 Å². The third-order valence-corrected chi connectivity index (χ3v) is 3.54. The van der Waals surface area contributed by atoms with Gasteiger partial charge in [-0.2, -0.15) is 0 Å². The van der Waals surface area contributed by atoms with Crippen molar-refractivity contribution in [2.75, 3.05) is 11.6 Å². The van der Waals surface area contributed by atoms with Crippen LogP contribution in [-0.4, -0.2) is 20.6 Å². The fourth-order valence-corrected chi connectivity index (χ4v) is 2.32. The molecule has 5 nitrogen and oxygen atoms in total. The number of nitrogens with zero attached hydrogens (tertiary/aromatic N) is 1. The molecule has 118 valence electrons. The molecule has 0 heterocycles. The fraction of sp³-hybridized carbons (Fsp3) is 0.250. The highest BCUT2D eigenvalue weighted by atomic mass is 32.2. The Morgan fingerprint density at radius 1 is 1.23 bits per heavy atom. The Morgan fingerprint density at radius 2 is 1.95 bits per heavy atom. The van der Waals surface area contributed by atoms with Crippen LogP contribution in [0.2, 0.25) is 0 Å². The highest BCUT2D eigenvalue weighted by Crippen LogP contribution is 2.22. The van der Waals surface area contributed by atoms with Crippen LogP contribution in [0.5, 0.6) is 0 Å². The van der Waals surface area contributed by atoms with Crippen LogP contribution in [0.1, 0.15) is 24.2 Å². The fourth-order valence-electron chi connectivity index (χ4n) is 2.10. The van der Waals surface area contributed by atoms with E-state index in [1.165, 1.54) is 0 Å². The molecule has 0 aliphatic rings. The molecule has 0 amide bonds. The molecule has 0 spiro atoms. The maximum absolute atomic E-state index is 10.7. The minimum atomic E-state index is -2.57. The first-order valence-electron chi connectivity index (χ1n) is 6.85. The van der Waals surface area contributed by atoms with Crippen LogP contribution < -0.4 is 4.90 Å². The summed E-state index contributed by atoms with van der Waals surface area (Å²) in [5, 5.41) is 9.69. The zero-order chi connectivity index (χ0) is 15.9. The van der Waals surface area contributed by atoms with E-state index in [1.54, 1.807) is 11.8 Å². The van der Waals surface area contributed by atoms with Crippen molar-refractivity contribution >= 4 is 17.0 Å². The topological polar surface area (TPSA) is 72.8 Å². The molecule has 2 atom stereocenters. The van der Waals surface area contributed by atoms with Gasteiger partial charge in [-0.25, -0.2) is 4.21 Å². The van der Waals surface area contributed by atoms with E-state index in [9.17, 15) is 13.9 Å². The van der Waals surface area contributed by atoms with E-state index >= 15 is 0 Å². The van der Waals surface area contributed by atoms with Gasteiger partial charge < -0.3 is 14.6 Å². The predicted molar refractivity (Wildman–Crippen MR) is 84.6 cm³/mol. The van der Waals surface area contributed by atoms with Crippen LogP contribution >= 0.6 is 0 Å². The average Bonchev–Trinajstić information content (AvgIpc) is 2.52. The van der Waals surface area contributed by atoms with E-state index in [4.69, 9.17) is 4.18 Å². The average molecular weight is 320 g/mol. The molecule has 0 aliphatic heterocycles. The first-order chi connectivity index (χ1) is 10.6. The van der Waals surface area contributed by atoms with Crippen molar-refractivity contribution in [1.82, 2.24) is 0 Å². The summed E-state index contributed by atoms with van der Waals surface area (Å²) in [4.78, 5) is 1.79. The van der Waals surface area contributed by atoms with Crippen LogP contribution in [0, 0.1) is 0 Å². The van der Waals surface area contributed by atoms with Gasteiger partial charge in [0.2, 0.25) is 0 Å². The molecule has 0 bridgehead atoms. The molecule has 1 unspecified atom stereocenters. The largest absolute Gasteiger partial charge is 0.750 e. The lowest BCUT2D eigenvalue weighted by atomic mass is 10.1. The molecule has 1 N–H and O–H groups in total. The lowest BCUT2D eigenvalue weighted by Crippen LogP contribution is -2.26. The molecule has 0 fully saturated rings. The van der Waals surface area contributed by atoms with Gasteiger partial charge in [0.15, 0.2) is 0 Å². The molecule has 22 heavy (non-hydrogen) atoms. The Hall–Kier alpha value is -1.73. The van der Waals surface area contributed by atoms with Gasteiger partial charge in [-0.15, -0.1) is 0 Å². The van der Waals surface area contributed by atoms with Crippen molar-refractivity contribution in [2.24, 2.45) is 0 Å². The molecular weight excluding hydrogens is 302 g/mol. The smallest absolute Gasteiger partial charge is 0.135 e. The predicted octanol–water partition coefficient (Wildman–Crippen LogP) is 2.51. The van der Waals surface area contributed by atoms with Gasteiger partial charge in [0.25, 0.3) is 0 Å². The van der Waals surface area contributed by atoms with Gasteiger partial charge in [-0.1, -0.05) is 42.5 Å². The van der Waals surface area contributed by atoms with Crippen LogP contribution in [0.3, 0.4) is 0 Å². The number of aliphatic hydroxyl groups excluding tert-OH is 1. The van der Waals surface area contributed by atoms with Crippen LogP contribution in [0.4, 0.5) is 5.69 Å². The maximum atomic E-state index is 10.7. The number of rotatable bonds is 7. The molecule has 2 aromatic carbocycles. The summed E-state index contributed by atoms with van der Waals surface area (Å²) in [7, 11) is 0. The third kappa shape index (κ3) is 4.92. The molecule has 0 saturated carbocycles. The molecule has 0 saturated heterocycles. The van der Waals surface area contributed by atoms with E-state index in [-0.39, 0.29) is 6.73 Å². The second-order valence-electron chi connectivity index (χ2n) is 4.91. The first kappa shape index (κ1) is 16.6. The number of hydrogen-bond donors (Lipinski definition) is 1. The van der Waals surface area contributed by atoms with Gasteiger partial charge in [0.05, 0.1) is 17.5 Å². The van der Waals surface area contributed by atoms with Crippen molar-refractivity contribution in [3.05, 3.63) is 65.7 Å². The minimum absolute atomic E-state index is 0.0890. The van der Waals surface area contributed by atoms with E-state index in [1.807, 2.05) is 54.6 Å². The van der Waals surface area contributed by atoms with Gasteiger partial charge >= 0.3 is 0 Å². The van der Waals surface area contributed by atoms with Crippen LogP contribution in [0.25, 0.3) is 0 Å². The molecule has 0 radical (unpaired) electrons. The van der Waals surface area contributed by atoms with Crippen molar-refractivity contribution < 1.29 is 18.1 Å². The molecule has 0 aromatic heterocycles. The van der Waals surface area contributed by atoms with Gasteiger partial charge in [-0.05, 0) is 30.2 Å². The lowest BCUT2D eigenvalue weighted by molar-refractivity contribution is 0.199. The molecule has 2 rings (SSSR count). The monoisotopic (exact) mass is 320 g/mol. The maximum Gasteiger partial charge on any atom is 0.135 e. The quantitative estimate of drug-likeness (QED) is 0.627. The summed E-state index contributed by atoms with van der Waals surface area (Å²) in [6, 6.07) is 17.0. The van der Waals surface area contributed by atoms with E-state index in [2.05, 4.69) is 0 Å². The SMILES string of the molecule is C[C@@H](O)c1cccc(N(COS(=O)[O-])Cc2ccccc2)c1. The van der Waals surface area contributed by atoms with Gasteiger partial charge in [0.1, 0.15) is 6.73 Å². The molecule has 0 aliphatic carbocycles. The van der Waals surface area contributed by atoms with Crippen molar-refractivity contribution in [3.8, 4) is 0 Å². The number of aliphatic hydroxyl groups is 1. The summed E-state index contributed by atoms with van der Waals surface area (Å²) in [5.41, 5.74) is 2.58. The Kier molecular flexibility index (Phi) is 6.09. The number of hydrogen-bond acceptors (Lipinski definition) is 5. The lowest BCUT2D eigenvalue weighted by Gasteiger charge is -2.25. The third-order valence-electron chi connectivity index (χ3n) is 3.24. The van der Waals surface area contributed by atoms with Crippen molar-refractivity contribution in [1.29, 1.82) is 0 Å². The molecule has 2 aromatic rings. The van der Waals surface area contributed by atoms with Crippen LogP contribution in [-0.2, 0) is 22.1 Å². The first-order valence-corrected chi connectivity index (χ1v) is 7.85. The standard InChI is InChI=1S/C16H19NO4S/c1-13(18)15-8-5-9-16(10-15)17(12-21-22(19)20)11-14-6-3-2-4-7-14/h2-10,13,18H,11-12H2,1H3,(H,19,20)/p-1/t13-/m1/s1. The highest BCUT2D eigenvalue weighted by Gasteiger charge is 2.10. The minimum Gasteiger partial charge on any atom is -0.750 e. The highest BCUT2D eigenvalue weighted by molar-refractivity contribution is 7.74. The van der Waals surface area contributed by atoms with Gasteiger partial charge in [0, 0.05) is 12.2 Å². The van der Waals surface area contributed by atoms with E-state index in [0.29, 0.717) is 6.54 Å². The Morgan fingerprint density at radius 3 is 2.59 bits per heavy atom.